The highest BCUT2D eigenvalue weighted by atomic mass is 35.5. The lowest BCUT2D eigenvalue weighted by atomic mass is 10.2. The van der Waals surface area contributed by atoms with E-state index in [-0.39, 0.29) is 11.4 Å². The van der Waals surface area contributed by atoms with Crippen LogP contribution < -0.4 is 10.5 Å². The molecule has 1 heterocycles. The molecule has 3 rings (SSSR count). The highest BCUT2D eigenvalue weighted by Crippen LogP contribution is 2.24. The van der Waals surface area contributed by atoms with Gasteiger partial charge in [0, 0.05) is 11.9 Å². The highest BCUT2D eigenvalue weighted by molar-refractivity contribution is 7.91. The van der Waals surface area contributed by atoms with Crippen LogP contribution in [-0.2, 0) is 15.8 Å². The van der Waals surface area contributed by atoms with Crippen molar-refractivity contribution >= 4 is 44.8 Å². The van der Waals surface area contributed by atoms with Crippen LogP contribution in [0.4, 0.5) is 5.69 Å². The Kier molecular flexibility index (Phi) is 5.41. The Labute approximate surface area is 165 Å². The molecule has 1 amide bonds. The number of anilines is 1. The zero-order valence-corrected chi connectivity index (χ0v) is 16.1. The van der Waals surface area contributed by atoms with E-state index in [0.717, 1.165) is 0 Å². The molecule has 0 saturated carbocycles. The maximum Gasteiger partial charge on any atom is 0.269 e. The van der Waals surface area contributed by atoms with Crippen LogP contribution in [-0.4, -0.2) is 24.1 Å². The molecule has 0 unspecified atom stereocenters. The van der Waals surface area contributed by atoms with E-state index >= 15 is 0 Å². The van der Waals surface area contributed by atoms with Crippen molar-refractivity contribution in [2.45, 2.75) is 5.75 Å². The van der Waals surface area contributed by atoms with Gasteiger partial charge in [0.25, 0.3) is 5.91 Å². The molecule has 27 heavy (non-hydrogen) atoms. The smallest absolute Gasteiger partial charge is 0.269 e. The van der Waals surface area contributed by atoms with E-state index in [9.17, 15) is 13.2 Å². The zero-order chi connectivity index (χ0) is 19.6. The second-order valence-electron chi connectivity index (χ2n) is 5.67. The fraction of sp³-hybridized carbons (Fsp3) is 0.0588. The highest BCUT2D eigenvalue weighted by Gasteiger charge is 2.13. The molecule has 0 aliphatic carbocycles. The van der Waals surface area contributed by atoms with Gasteiger partial charge in [-0.1, -0.05) is 29.3 Å². The number of nitrogens with zero attached hydrogens (tertiary/aromatic N) is 2. The summed E-state index contributed by atoms with van der Waals surface area (Å²) in [6, 6.07) is 12.7. The van der Waals surface area contributed by atoms with Crippen molar-refractivity contribution in [1.29, 1.82) is 0 Å². The summed E-state index contributed by atoms with van der Waals surface area (Å²) in [7, 11) is -3.64. The van der Waals surface area contributed by atoms with E-state index < -0.39 is 15.9 Å². The Morgan fingerprint density at radius 2 is 1.78 bits per heavy atom. The van der Waals surface area contributed by atoms with Crippen LogP contribution in [0.1, 0.15) is 16.1 Å². The van der Waals surface area contributed by atoms with Gasteiger partial charge in [-0.05, 0) is 48.0 Å². The molecule has 3 aromatic rings. The fourth-order valence-corrected chi connectivity index (χ4v) is 3.85. The van der Waals surface area contributed by atoms with Gasteiger partial charge in [-0.25, -0.2) is 13.1 Å². The lowest BCUT2D eigenvalue weighted by Gasteiger charge is -2.09. The number of nitrogens with two attached hydrogens (primary N) is 1. The van der Waals surface area contributed by atoms with Gasteiger partial charge in [0.1, 0.15) is 5.69 Å². The van der Waals surface area contributed by atoms with Gasteiger partial charge in [-0.15, -0.1) is 0 Å². The number of primary amides is 1. The van der Waals surface area contributed by atoms with Gasteiger partial charge in [-0.3, -0.25) is 9.52 Å². The number of nitrogens with one attached hydrogen (secondary N) is 1. The number of carbonyl (C=O) groups excluding carboxylic acids is 1. The lowest BCUT2D eigenvalue weighted by molar-refractivity contribution is 0.0995. The molecular weight excluding hydrogens is 411 g/mol. The summed E-state index contributed by atoms with van der Waals surface area (Å²) < 4.78 is 28.6. The number of benzene rings is 2. The quantitative estimate of drug-likeness (QED) is 0.632. The Morgan fingerprint density at radius 1 is 1.07 bits per heavy atom. The van der Waals surface area contributed by atoms with Crippen LogP contribution in [0, 0.1) is 0 Å². The Morgan fingerprint density at radius 3 is 2.37 bits per heavy atom. The Balaban J connectivity index is 1.72. The minimum atomic E-state index is -3.64. The number of halogens is 2. The third kappa shape index (κ3) is 4.79. The molecule has 0 fully saturated rings. The normalized spacial score (nSPS) is 11.3. The molecule has 0 aliphatic heterocycles. The van der Waals surface area contributed by atoms with Crippen molar-refractivity contribution in [2.75, 3.05) is 4.72 Å². The van der Waals surface area contributed by atoms with Crippen molar-refractivity contribution in [3.63, 3.8) is 0 Å². The molecule has 0 bridgehead atoms. The molecule has 3 N–H and O–H groups in total. The summed E-state index contributed by atoms with van der Waals surface area (Å²) in [5.41, 5.74) is 6.87. The van der Waals surface area contributed by atoms with E-state index in [1.54, 1.807) is 42.6 Å². The number of carbonyl (C=O) groups is 1. The molecule has 1 aromatic heterocycles. The van der Waals surface area contributed by atoms with Crippen molar-refractivity contribution in [3.8, 4) is 5.69 Å². The second kappa shape index (κ2) is 7.59. The number of aromatic nitrogens is 2. The van der Waals surface area contributed by atoms with E-state index in [2.05, 4.69) is 9.82 Å². The van der Waals surface area contributed by atoms with E-state index in [1.807, 2.05) is 0 Å². The van der Waals surface area contributed by atoms with Crippen molar-refractivity contribution in [2.24, 2.45) is 5.73 Å². The first-order valence-corrected chi connectivity index (χ1v) is 10.0. The molecule has 10 heteroatoms. The summed E-state index contributed by atoms with van der Waals surface area (Å²) in [4.78, 5) is 11.1. The molecule has 0 atom stereocenters. The van der Waals surface area contributed by atoms with Crippen LogP contribution >= 0.6 is 23.2 Å². The first-order valence-electron chi connectivity index (χ1n) is 7.64. The molecule has 140 valence electrons. The third-order valence-electron chi connectivity index (χ3n) is 3.59. The molecule has 0 aliphatic rings. The monoisotopic (exact) mass is 424 g/mol. The largest absolute Gasteiger partial charge is 0.364 e. The molecule has 0 radical (unpaired) electrons. The number of hydrogen-bond donors (Lipinski definition) is 2. The lowest BCUT2D eigenvalue weighted by Crippen LogP contribution is -2.15. The fourth-order valence-electron chi connectivity index (χ4n) is 2.35. The average Bonchev–Trinajstić information content (AvgIpc) is 3.08. The van der Waals surface area contributed by atoms with Crippen LogP contribution in [0.3, 0.4) is 0 Å². The van der Waals surface area contributed by atoms with E-state index in [1.165, 1.54) is 16.8 Å². The topological polar surface area (TPSA) is 107 Å². The minimum absolute atomic E-state index is 0.140. The van der Waals surface area contributed by atoms with Gasteiger partial charge in [0.2, 0.25) is 10.0 Å². The van der Waals surface area contributed by atoms with E-state index in [0.29, 0.717) is 27.0 Å². The van der Waals surface area contributed by atoms with Crippen LogP contribution in [0.25, 0.3) is 5.69 Å². The van der Waals surface area contributed by atoms with Crippen molar-refractivity contribution in [1.82, 2.24) is 9.78 Å². The van der Waals surface area contributed by atoms with Crippen molar-refractivity contribution < 1.29 is 13.2 Å². The van der Waals surface area contributed by atoms with Gasteiger partial charge >= 0.3 is 0 Å². The van der Waals surface area contributed by atoms with Gasteiger partial charge in [0.15, 0.2) is 0 Å². The van der Waals surface area contributed by atoms with Gasteiger partial charge in [-0.2, -0.15) is 5.10 Å². The van der Waals surface area contributed by atoms with E-state index in [4.69, 9.17) is 28.9 Å². The number of amides is 1. The van der Waals surface area contributed by atoms with Gasteiger partial charge < -0.3 is 5.73 Å². The maximum atomic E-state index is 12.3. The molecule has 7 nitrogen and oxygen atoms in total. The summed E-state index contributed by atoms with van der Waals surface area (Å²) in [6.45, 7) is 0. The zero-order valence-electron chi connectivity index (χ0n) is 13.8. The van der Waals surface area contributed by atoms with Crippen LogP contribution in [0.2, 0.25) is 10.0 Å². The number of sulfonamides is 1. The van der Waals surface area contributed by atoms with Crippen molar-refractivity contribution in [3.05, 3.63) is 76.0 Å². The number of hydrogen-bond acceptors (Lipinski definition) is 4. The molecule has 0 spiro atoms. The molecule has 2 aromatic carbocycles. The van der Waals surface area contributed by atoms with Crippen LogP contribution in [0.5, 0.6) is 0 Å². The average molecular weight is 425 g/mol. The molecule has 0 saturated heterocycles. The predicted octanol–water partition coefficient (Wildman–Crippen LogP) is 3.22. The first-order chi connectivity index (χ1) is 12.7. The standard InChI is InChI=1S/C17H14Cl2N4O3S/c18-14-6-1-11(9-15(14)19)10-27(25,26)22-12-2-4-13(5-3-12)23-8-7-16(21-23)17(20)24/h1-9,22H,10H2,(H2,20,24). The third-order valence-corrected chi connectivity index (χ3v) is 5.59. The van der Waals surface area contributed by atoms with Crippen LogP contribution in [0.15, 0.2) is 54.7 Å². The summed E-state index contributed by atoms with van der Waals surface area (Å²) >= 11 is 11.8. The SMILES string of the molecule is NC(=O)c1ccn(-c2ccc(NS(=O)(=O)Cc3ccc(Cl)c(Cl)c3)cc2)n1. The second-order valence-corrected chi connectivity index (χ2v) is 8.20. The first kappa shape index (κ1) is 19.2. The summed E-state index contributed by atoms with van der Waals surface area (Å²) in [5.74, 6) is -0.868. The predicted molar refractivity (Wildman–Crippen MR) is 105 cm³/mol. The maximum absolute atomic E-state index is 12.3. The molecular formula is C17H14Cl2N4O3S. The summed E-state index contributed by atoms with van der Waals surface area (Å²) in [6.07, 6.45) is 1.59. The Hall–Kier alpha value is -2.55. The minimum Gasteiger partial charge on any atom is -0.364 e. The summed E-state index contributed by atoms with van der Waals surface area (Å²) in [5, 5.41) is 4.69. The Bertz CT molecular complexity index is 1100. The van der Waals surface area contributed by atoms with Gasteiger partial charge in [0.05, 0.1) is 21.5 Å². The number of rotatable bonds is 6.